The van der Waals surface area contributed by atoms with Crippen molar-refractivity contribution in [3.8, 4) is 5.75 Å². The van der Waals surface area contributed by atoms with Crippen molar-refractivity contribution in [1.29, 1.82) is 0 Å². The van der Waals surface area contributed by atoms with E-state index in [1.54, 1.807) is 0 Å². The van der Waals surface area contributed by atoms with Crippen LogP contribution in [0, 0.1) is 0 Å². The number of hydrogen-bond donors (Lipinski definition) is 0. The molecule has 1 aliphatic rings. The molecule has 0 atom stereocenters. The molecule has 2 aromatic carbocycles. The van der Waals surface area contributed by atoms with Crippen molar-refractivity contribution in [2.24, 2.45) is 0 Å². The second-order valence-corrected chi connectivity index (χ2v) is 5.01. The predicted molar refractivity (Wildman–Crippen MR) is 75.2 cm³/mol. The van der Waals surface area contributed by atoms with Gasteiger partial charge < -0.3 is 4.74 Å². The topological polar surface area (TPSA) is 9.23 Å². The Bertz CT molecular complexity index is 615. The maximum atomic E-state index is 5.96. The van der Waals surface area contributed by atoms with E-state index in [0.717, 1.165) is 39.1 Å². The molecule has 0 aliphatic carbocycles. The monoisotopic (exact) mass is 276 g/mol. The molecule has 0 saturated heterocycles. The van der Waals surface area contributed by atoms with Crippen molar-refractivity contribution < 1.29 is 4.74 Å². The van der Waals surface area contributed by atoms with Crippen LogP contribution in [0.4, 0.5) is 0 Å². The molecule has 0 N–H and O–H groups in total. The smallest absolute Gasteiger partial charge is 0.131 e. The van der Waals surface area contributed by atoms with Crippen molar-refractivity contribution >= 4 is 29.0 Å². The van der Waals surface area contributed by atoms with Crippen molar-refractivity contribution in [3.63, 3.8) is 0 Å². The van der Waals surface area contributed by atoms with Crippen molar-refractivity contribution in [1.82, 2.24) is 0 Å². The number of rotatable bonds is 1. The molecule has 1 heterocycles. The van der Waals surface area contributed by atoms with E-state index in [2.05, 4.69) is 6.08 Å². The summed E-state index contributed by atoms with van der Waals surface area (Å²) >= 11 is 11.8. The summed E-state index contributed by atoms with van der Waals surface area (Å²) in [7, 11) is 0. The molecule has 1 nitrogen and oxygen atoms in total. The zero-order valence-corrected chi connectivity index (χ0v) is 11.0. The van der Waals surface area contributed by atoms with Crippen LogP contribution in [-0.2, 0) is 6.42 Å². The normalized spacial score (nSPS) is 13.6. The molecule has 0 spiro atoms. The third-order valence-corrected chi connectivity index (χ3v) is 3.37. The molecule has 0 radical (unpaired) electrons. The lowest BCUT2D eigenvalue weighted by atomic mass is 10.1. The molecule has 3 heteroatoms. The summed E-state index contributed by atoms with van der Waals surface area (Å²) in [6, 6.07) is 13.3. The molecule has 0 unspecified atom stereocenters. The Morgan fingerprint density at radius 1 is 0.889 bits per heavy atom. The lowest BCUT2D eigenvalue weighted by Crippen LogP contribution is -2.03. The third-order valence-electron chi connectivity index (χ3n) is 2.88. The molecule has 0 bridgehead atoms. The van der Waals surface area contributed by atoms with Gasteiger partial charge in [-0.15, -0.1) is 0 Å². The number of allylic oxidation sites excluding steroid dienone is 1. The van der Waals surface area contributed by atoms with E-state index in [-0.39, 0.29) is 0 Å². The summed E-state index contributed by atoms with van der Waals surface area (Å²) in [5.74, 6) is 1.73. The molecule has 18 heavy (non-hydrogen) atoms. The number of benzene rings is 2. The van der Waals surface area contributed by atoms with Gasteiger partial charge >= 0.3 is 0 Å². The van der Waals surface area contributed by atoms with Gasteiger partial charge in [0.1, 0.15) is 11.5 Å². The summed E-state index contributed by atoms with van der Waals surface area (Å²) in [5, 5.41) is 1.46. The first-order valence-corrected chi connectivity index (χ1v) is 6.40. The molecule has 0 aromatic heterocycles. The minimum absolute atomic E-state index is 0.724. The first-order chi connectivity index (χ1) is 8.72. The molecule has 0 saturated carbocycles. The Kier molecular flexibility index (Phi) is 3.02. The minimum atomic E-state index is 0.724. The van der Waals surface area contributed by atoms with Crippen LogP contribution in [0.15, 0.2) is 48.5 Å². The average molecular weight is 277 g/mol. The highest BCUT2D eigenvalue weighted by molar-refractivity contribution is 6.31. The maximum Gasteiger partial charge on any atom is 0.131 e. The highest BCUT2D eigenvalue weighted by Gasteiger charge is 2.14. The lowest BCUT2D eigenvalue weighted by Gasteiger charge is -2.18. The Morgan fingerprint density at radius 2 is 1.61 bits per heavy atom. The summed E-state index contributed by atoms with van der Waals surface area (Å²) in [6.45, 7) is 0. The highest BCUT2D eigenvalue weighted by Crippen LogP contribution is 2.32. The average Bonchev–Trinajstić information content (AvgIpc) is 2.39. The standard InChI is InChI=1S/C15H10Cl2O/c16-12-4-1-10(2-5-12)14-7-3-11-9-13(17)6-8-15(11)18-14/h1-2,4-9H,3H2. The van der Waals surface area contributed by atoms with Crippen LogP contribution in [0.1, 0.15) is 11.1 Å². The predicted octanol–water partition coefficient (Wildman–Crippen LogP) is 4.97. The van der Waals surface area contributed by atoms with E-state index >= 15 is 0 Å². The van der Waals surface area contributed by atoms with E-state index < -0.39 is 0 Å². The van der Waals surface area contributed by atoms with Crippen LogP contribution in [0.25, 0.3) is 5.76 Å². The quantitative estimate of drug-likeness (QED) is 0.715. The maximum absolute atomic E-state index is 5.96. The number of hydrogen-bond acceptors (Lipinski definition) is 1. The van der Waals surface area contributed by atoms with Crippen LogP contribution < -0.4 is 4.74 Å². The van der Waals surface area contributed by atoms with Gasteiger partial charge in [-0.05, 0) is 55.0 Å². The second-order valence-electron chi connectivity index (χ2n) is 4.13. The largest absolute Gasteiger partial charge is 0.457 e. The Morgan fingerprint density at radius 3 is 2.39 bits per heavy atom. The Balaban J connectivity index is 1.92. The van der Waals surface area contributed by atoms with Crippen molar-refractivity contribution in [2.75, 3.05) is 0 Å². The molecular formula is C15H10Cl2O. The van der Waals surface area contributed by atoms with Crippen LogP contribution >= 0.6 is 23.2 Å². The van der Waals surface area contributed by atoms with Gasteiger partial charge in [-0.25, -0.2) is 0 Å². The highest BCUT2D eigenvalue weighted by atomic mass is 35.5. The van der Waals surface area contributed by atoms with Gasteiger partial charge in [0.25, 0.3) is 0 Å². The lowest BCUT2D eigenvalue weighted by molar-refractivity contribution is 0.498. The molecular weight excluding hydrogens is 267 g/mol. The molecule has 3 rings (SSSR count). The van der Waals surface area contributed by atoms with Gasteiger partial charge in [-0.1, -0.05) is 23.2 Å². The first kappa shape index (κ1) is 11.6. The van der Waals surface area contributed by atoms with Crippen molar-refractivity contribution in [2.45, 2.75) is 6.42 Å². The first-order valence-electron chi connectivity index (χ1n) is 5.65. The molecule has 2 aromatic rings. The number of ether oxygens (including phenoxy) is 1. The summed E-state index contributed by atoms with van der Waals surface area (Å²) in [6.07, 6.45) is 2.88. The molecule has 0 amide bonds. The summed E-state index contributed by atoms with van der Waals surface area (Å²) < 4.78 is 5.87. The Hall–Kier alpha value is -1.44. The van der Waals surface area contributed by atoms with Crippen LogP contribution in [0.5, 0.6) is 5.75 Å². The van der Waals surface area contributed by atoms with Gasteiger partial charge in [0.15, 0.2) is 0 Å². The third kappa shape index (κ3) is 2.24. The minimum Gasteiger partial charge on any atom is -0.457 e. The van der Waals surface area contributed by atoms with E-state index in [0.29, 0.717) is 0 Å². The summed E-state index contributed by atoms with van der Waals surface area (Å²) in [4.78, 5) is 0. The SMILES string of the molecule is Clc1ccc(C2=CCc3cc(Cl)ccc3O2)cc1. The van der Waals surface area contributed by atoms with Gasteiger partial charge in [-0.2, -0.15) is 0 Å². The van der Waals surface area contributed by atoms with E-state index in [1.807, 2.05) is 42.5 Å². The van der Waals surface area contributed by atoms with Gasteiger partial charge in [-0.3, -0.25) is 0 Å². The Labute approximate surface area is 116 Å². The zero-order chi connectivity index (χ0) is 12.5. The number of fused-ring (bicyclic) bond motifs is 1. The fourth-order valence-electron chi connectivity index (χ4n) is 1.96. The van der Waals surface area contributed by atoms with Gasteiger partial charge in [0, 0.05) is 21.2 Å². The van der Waals surface area contributed by atoms with Crippen LogP contribution in [-0.4, -0.2) is 0 Å². The molecule has 90 valence electrons. The van der Waals surface area contributed by atoms with Crippen LogP contribution in [0.2, 0.25) is 10.0 Å². The van der Waals surface area contributed by atoms with Gasteiger partial charge in [0.2, 0.25) is 0 Å². The fourth-order valence-corrected chi connectivity index (χ4v) is 2.28. The molecule has 0 fully saturated rings. The van der Waals surface area contributed by atoms with Gasteiger partial charge in [0.05, 0.1) is 0 Å². The second kappa shape index (κ2) is 4.68. The number of halogens is 2. The molecule has 1 aliphatic heterocycles. The van der Waals surface area contributed by atoms with E-state index in [1.165, 1.54) is 0 Å². The van der Waals surface area contributed by atoms with E-state index in [4.69, 9.17) is 27.9 Å². The van der Waals surface area contributed by atoms with E-state index in [9.17, 15) is 0 Å². The summed E-state index contributed by atoms with van der Waals surface area (Å²) in [5.41, 5.74) is 2.14. The van der Waals surface area contributed by atoms with Crippen LogP contribution in [0.3, 0.4) is 0 Å². The fraction of sp³-hybridized carbons (Fsp3) is 0.0667. The zero-order valence-electron chi connectivity index (χ0n) is 9.49. The van der Waals surface area contributed by atoms with Crippen molar-refractivity contribution in [3.05, 3.63) is 69.7 Å².